The van der Waals surface area contributed by atoms with Gasteiger partial charge in [-0.25, -0.2) is 4.98 Å². The van der Waals surface area contributed by atoms with Crippen molar-refractivity contribution < 1.29 is 4.79 Å². The lowest BCUT2D eigenvalue weighted by Gasteiger charge is -2.09. The molecule has 3 rings (SSSR count). The molecule has 1 N–H and O–H groups in total. The minimum atomic E-state index is -0.404. The molecule has 0 atom stereocenters. The van der Waals surface area contributed by atoms with Gasteiger partial charge in [-0.2, -0.15) is 0 Å². The zero-order chi connectivity index (χ0) is 15.7. The molecule has 1 amide bonds. The average Bonchev–Trinajstić information content (AvgIpc) is 2.98. The van der Waals surface area contributed by atoms with Gasteiger partial charge in [-0.05, 0) is 25.0 Å². The standard InChI is InChI=1S/C16H15N3O2S/c1-10-3-4-11(2)12(7-10)8-17-14(20)13-9-18-16-19(15(13)21)5-6-22-16/h3-7,9H,8H2,1-2H3,(H,17,20). The van der Waals surface area contributed by atoms with E-state index >= 15 is 0 Å². The summed E-state index contributed by atoms with van der Waals surface area (Å²) in [6.45, 7) is 4.39. The van der Waals surface area contributed by atoms with Crippen molar-refractivity contribution in [2.24, 2.45) is 0 Å². The molecule has 0 fully saturated rings. The Hall–Kier alpha value is -2.47. The Morgan fingerprint density at radius 1 is 1.36 bits per heavy atom. The molecule has 112 valence electrons. The number of aryl methyl sites for hydroxylation is 2. The van der Waals surface area contributed by atoms with E-state index < -0.39 is 5.91 Å². The summed E-state index contributed by atoms with van der Waals surface area (Å²) >= 11 is 1.36. The van der Waals surface area contributed by atoms with Crippen LogP contribution in [0.5, 0.6) is 0 Å². The predicted molar refractivity (Wildman–Crippen MR) is 86.4 cm³/mol. The third-order valence-electron chi connectivity index (χ3n) is 3.53. The number of nitrogens with one attached hydrogen (secondary N) is 1. The van der Waals surface area contributed by atoms with E-state index in [1.165, 1.54) is 21.9 Å². The Morgan fingerprint density at radius 3 is 3.00 bits per heavy atom. The van der Waals surface area contributed by atoms with E-state index in [0.717, 1.165) is 16.7 Å². The van der Waals surface area contributed by atoms with Gasteiger partial charge in [0.1, 0.15) is 5.56 Å². The SMILES string of the molecule is Cc1ccc(C)c(CNC(=O)c2cnc3sccn3c2=O)c1. The van der Waals surface area contributed by atoms with Crippen LogP contribution in [0.2, 0.25) is 0 Å². The number of benzene rings is 1. The highest BCUT2D eigenvalue weighted by Gasteiger charge is 2.13. The second kappa shape index (κ2) is 5.73. The number of aromatic nitrogens is 2. The maximum Gasteiger partial charge on any atom is 0.271 e. The van der Waals surface area contributed by atoms with E-state index in [9.17, 15) is 9.59 Å². The van der Waals surface area contributed by atoms with Crippen LogP contribution in [0.1, 0.15) is 27.0 Å². The van der Waals surface area contributed by atoms with E-state index in [1.54, 1.807) is 11.6 Å². The molecule has 5 nitrogen and oxygen atoms in total. The highest BCUT2D eigenvalue weighted by atomic mass is 32.1. The molecule has 1 aromatic carbocycles. The van der Waals surface area contributed by atoms with Crippen molar-refractivity contribution in [3.63, 3.8) is 0 Å². The van der Waals surface area contributed by atoms with Crippen LogP contribution in [0.4, 0.5) is 0 Å². The van der Waals surface area contributed by atoms with Crippen LogP contribution in [0.25, 0.3) is 4.96 Å². The number of rotatable bonds is 3. The maximum atomic E-state index is 12.2. The number of amides is 1. The first kappa shape index (κ1) is 14.5. The normalized spacial score (nSPS) is 10.8. The first-order valence-corrected chi connectivity index (χ1v) is 7.73. The lowest BCUT2D eigenvalue weighted by Crippen LogP contribution is -2.31. The first-order chi connectivity index (χ1) is 10.6. The van der Waals surface area contributed by atoms with Crippen LogP contribution in [0.3, 0.4) is 0 Å². The monoisotopic (exact) mass is 313 g/mol. The molecule has 3 aromatic rings. The van der Waals surface area contributed by atoms with E-state index in [1.807, 2.05) is 32.0 Å². The largest absolute Gasteiger partial charge is 0.348 e. The Morgan fingerprint density at radius 2 is 2.18 bits per heavy atom. The first-order valence-electron chi connectivity index (χ1n) is 6.85. The topological polar surface area (TPSA) is 63.5 Å². The molecular weight excluding hydrogens is 298 g/mol. The highest BCUT2D eigenvalue weighted by Crippen LogP contribution is 2.10. The number of nitrogens with zero attached hydrogens (tertiary/aromatic N) is 2. The van der Waals surface area contributed by atoms with Crippen LogP contribution in [-0.2, 0) is 6.54 Å². The van der Waals surface area contributed by atoms with Crippen LogP contribution in [0.15, 0.2) is 40.8 Å². The van der Waals surface area contributed by atoms with Crippen molar-refractivity contribution in [2.45, 2.75) is 20.4 Å². The van der Waals surface area contributed by atoms with Crippen molar-refractivity contribution in [2.75, 3.05) is 0 Å². The molecule has 0 radical (unpaired) electrons. The molecule has 0 saturated heterocycles. The van der Waals surface area contributed by atoms with Gasteiger partial charge in [0.25, 0.3) is 11.5 Å². The molecule has 0 spiro atoms. The quantitative estimate of drug-likeness (QED) is 0.807. The third kappa shape index (κ3) is 2.65. The Kier molecular flexibility index (Phi) is 3.77. The van der Waals surface area contributed by atoms with E-state index in [-0.39, 0.29) is 11.1 Å². The fraction of sp³-hybridized carbons (Fsp3) is 0.188. The summed E-state index contributed by atoms with van der Waals surface area (Å²) in [5.74, 6) is -0.404. The Labute approximate surface area is 131 Å². The van der Waals surface area contributed by atoms with Gasteiger partial charge in [0.2, 0.25) is 0 Å². The molecule has 2 aromatic heterocycles. The summed E-state index contributed by atoms with van der Waals surface area (Å²) in [6, 6.07) is 6.08. The van der Waals surface area contributed by atoms with Crippen molar-refractivity contribution in [1.29, 1.82) is 0 Å². The van der Waals surface area contributed by atoms with E-state index in [2.05, 4.69) is 10.3 Å². The highest BCUT2D eigenvalue weighted by molar-refractivity contribution is 7.15. The molecule has 0 saturated carbocycles. The van der Waals surface area contributed by atoms with Gasteiger partial charge in [-0.15, -0.1) is 11.3 Å². The van der Waals surface area contributed by atoms with Crippen LogP contribution >= 0.6 is 11.3 Å². The summed E-state index contributed by atoms with van der Waals surface area (Å²) < 4.78 is 1.39. The molecule has 0 unspecified atom stereocenters. The van der Waals surface area contributed by atoms with Crippen LogP contribution < -0.4 is 10.9 Å². The number of hydrogen-bond acceptors (Lipinski definition) is 4. The van der Waals surface area contributed by atoms with Gasteiger partial charge < -0.3 is 5.32 Å². The zero-order valence-electron chi connectivity index (χ0n) is 12.3. The summed E-state index contributed by atoms with van der Waals surface area (Å²) in [6.07, 6.45) is 2.96. The minimum absolute atomic E-state index is 0.0567. The number of carbonyl (C=O) groups is 1. The van der Waals surface area contributed by atoms with Crippen molar-refractivity contribution in [1.82, 2.24) is 14.7 Å². The van der Waals surface area contributed by atoms with Gasteiger partial charge in [-0.1, -0.05) is 23.8 Å². The maximum absolute atomic E-state index is 12.2. The van der Waals surface area contributed by atoms with Gasteiger partial charge in [0.05, 0.1) is 0 Å². The number of carbonyl (C=O) groups excluding carboxylic acids is 1. The molecule has 0 bridgehead atoms. The molecular formula is C16H15N3O2S. The van der Waals surface area contributed by atoms with Crippen molar-refractivity contribution in [3.05, 3.63) is 68.6 Å². The number of thiazole rings is 1. The van der Waals surface area contributed by atoms with E-state index in [4.69, 9.17) is 0 Å². The lowest BCUT2D eigenvalue weighted by molar-refractivity contribution is 0.0949. The van der Waals surface area contributed by atoms with Gasteiger partial charge in [-0.3, -0.25) is 14.0 Å². The summed E-state index contributed by atoms with van der Waals surface area (Å²) in [4.78, 5) is 29.2. The van der Waals surface area contributed by atoms with Gasteiger partial charge in [0, 0.05) is 24.3 Å². The molecule has 0 aliphatic heterocycles. The second-order valence-electron chi connectivity index (χ2n) is 5.15. The second-order valence-corrected chi connectivity index (χ2v) is 6.02. The van der Waals surface area contributed by atoms with E-state index in [0.29, 0.717) is 11.5 Å². The van der Waals surface area contributed by atoms with Gasteiger partial charge in [0.15, 0.2) is 4.96 Å². The lowest BCUT2D eigenvalue weighted by atomic mass is 10.1. The zero-order valence-corrected chi connectivity index (χ0v) is 13.1. The fourth-order valence-electron chi connectivity index (χ4n) is 2.24. The molecule has 0 aliphatic rings. The average molecular weight is 313 g/mol. The third-order valence-corrected chi connectivity index (χ3v) is 4.30. The molecule has 6 heteroatoms. The van der Waals surface area contributed by atoms with Crippen LogP contribution in [-0.4, -0.2) is 15.3 Å². The van der Waals surface area contributed by atoms with Crippen molar-refractivity contribution in [3.8, 4) is 0 Å². The smallest absolute Gasteiger partial charge is 0.271 e. The van der Waals surface area contributed by atoms with Crippen molar-refractivity contribution >= 4 is 22.2 Å². The molecule has 2 heterocycles. The van der Waals surface area contributed by atoms with Gasteiger partial charge >= 0.3 is 0 Å². The fourth-order valence-corrected chi connectivity index (χ4v) is 2.92. The van der Waals surface area contributed by atoms with Crippen LogP contribution in [0, 0.1) is 13.8 Å². The Balaban J connectivity index is 1.83. The summed E-state index contributed by atoms with van der Waals surface area (Å²) in [5.41, 5.74) is 2.99. The molecule has 0 aliphatic carbocycles. The summed E-state index contributed by atoms with van der Waals surface area (Å²) in [7, 11) is 0. The molecule has 22 heavy (non-hydrogen) atoms. The number of fused-ring (bicyclic) bond motifs is 1. The minimum Gasteiger partial charge on any atom is -0.348 e. The Bertz CT molecular complexity index is 911. The predicted octanol–water partition coefficient (Wildman–Crippen LogP) is 2.30. The summed E-state index contributed by atoms with van der Waals surface area (Å²) in [5, 5.41) is 4.56. The number of hydrogen-bond donors (Lipinski definition) is 1.